The average Bonchev–Trinajstić information content (AvgIpc) is 2.25. The smallest absolute Gasteiger partial charge is 0.156 e. The van der Waals surface area contributed by atoms with Gasteiger partial charge < -0.3 is 0 Å². The van der Waals surface area contributed by atoms with Gasteiger partial charge in [-0.2, -0.15) is 0 Å². The van der Waals surface area contributed by atoms with Gasteiger partial charge in [0.1, 0.15) is 0 Å². The van der Waals surface area contributed by atoms with Crippen molar-refractivity contribution in [2.45, 2.75) is 33.5 Å². The summed E-state index contributed by atoms with van der Waals surface area (Å²) in [5, 5.41) is 0. The highest BCUT2D eigenvalue weighted by Crippen LogP contribution is 2.22. The van der Waals surface area contributed by atoms with Crippen molar-refractivity contribution in [3.63, 3.8) is 0 Å². The van der Waals surface area contributed by atoms with Crippen molar-refractivity contribution in [3.8, 4) is 0 Å². The number of hydrogen-bond donors (Lipinski definition) is 0. The first-order valence-corrected chi connectivity index (χ1v) is 4.06. The third-order valence-corrected chi connectivity index (χ3v) is 1.83. The van der Waals surface area contributed by atoms with Crippen molar-refractivity contribution in [1.82, 2.24) is 4.90 Å². The molecule has 0 spiro atoms. The summed E-state index contributed by atoms with van der Waals surface area (Å²) in [6.45, 7) is 6.87. The molecular formula is C8H18FN. The first-order chi connectivity index (χ1) is 4.72. The molecule has 1 aliphatic heterocycles. The second-order valence-corrected chi connectivity index (χ2v) is 2.62. The maximum absolute atomic E-state index is 12.6. The second kappa shape index (κ2) is 4.67. The minimum absolute atomic E-state index is 0.250. The Hall–Kier alpha value is -0.110. The van der Waals surface area contributed by atoms with Crippen molar-refractivity contribution in [1.29, 1.82) is 0 Å². The van der Waals surface area contributed by atoms with Crippen LogP contribution in [-0.4, -0.2) is 24.8 Å². The van der Waals surface area contributed by atoms with Gasteiger partial charge in [-0.05, 0) is 13.5 Å². The number of hydrogen-bond acceptors (Lipinski definition) is 1. The third-order valence-electron chi connectivity index (χ3n) is 1.83. The fraction of sp³-hybridized carbons (Fsp3) is 1.00. The molecule has 1 rings (SSSR count). The highest BCUT2D eigenvalue weighted by molar-refractivity contribution is 4.73. The molecule has 0 saturated carbocycles. The molecule has 2 unspecified atom stereocenters. The zero-order valence-corrected chi connectivity index (χ0v) is 7.39. The summed E-state index contributed by atoms with van der Waals surface area (Å²) >= 11 is 0. The van der Waals surface area contributed by atoms with Gasteiger partial charge in [-0.1, -0.05) is 20.8 Å². The number of likely N-dealkylation sites (tertiary alicyclic amines) is 1. The molecule has 0 radical (unpaired) electrons. The van der Waals surface area contributed by atoms with Crippen LogP contribution in [0.4, 0.5) is 4.39 Å². The van der Waals surface area contributed by atoms with Crippen molar-refractivity contribution >= 4 is 0 Å². The summed E-state index contributed by atoms with van der Waals surface area (Å²) in [6, 6.07) is 0. The predicted molar refractivity (Wildman–Crippen MR) is 42.7 cm³/mol. The summed E-state index contributed by atoms with van der Waals surface area (Å²) in [5.74, 6) is 0.250. The minimum Gasteiger partial charge on any atom is -0.277 e. The maximum Gasteiger partial charge on any atom is 0.156 e. The van der Waals surface area contributed by atoms with E-state index in [1.165, 1.54) is 0 Å². The van der Waals surface area contributed by atoms with E-state index < -0.39 is 6.30 Å². The van der Waals surface area contributed by atoms with Crippen LogP contribution in [0.15, 0.2) is 0 Å². The zero-order valence-electron chi connectivity index (χ0n) is 7.39. The summed E-state index contributed by atoms with van der Waals surface area (Å²) in [7, 11) is 1.83. The highest BCUT2D eigenvalue weighted by atomic mass is 19.1. The summed E-state index contributed by atoms with van der Waals surface area (Å²) in [5.41, 5.74) is 0. The summed E-state index contributed by atoms with van der Waals surface area (Å²) in [6.07, 6.45) is 0.326. The zero-order chi connectivity index (χ0) is 8.15. The Morgan fingerprint density at radius 3 is 2.00 bits per heavy atom. The van der Waals surface area contributed by atoms with Crippen molar-refractivity contribution in [2.75, 3.05) is 13.6 Å². The van der Waals surface area contributed by atoms with Gasteiger partial charge in [0.2, 0.25) is 0 Å². The lowest BCUT2D eigenvalue weighted by atomic mass is 10.1. The molecule has 1 nitrogen and oxygen atoms in total. The van der Waals surface area contributed by atoms with Gasteiger partial charge in [0.15, 0.2) is 6.30 Å². The molecule has 2 atom stereocenters. The Morgan fingerprint density at radius 2 is 1.90 bits per heavy atom. The Balaban J connectivity index is 0.000000371. The molecule has 1 aliphatic rings. The minimum atomic E-state index is -0.685. The predicted octanol–water partition coefficient (Wildman–Crippen LogP) is 2.28. The van der Waals surface area contributed by atoms with Crippen LogP contribution in [0.2, 0.25) is 0 Å². The van der Waals surface area contributed by atoms with Crippen LogP contribution < -0.4 is 0 Å². The lowest BCUT2D eigenvalue weighted by Crippen LogP contribution is -2.23. The van der Waals surface area contributed by atoms with Gasteiger partial charge >= 0.3 is 0 Å². The third kappa shape index (κ3) is 2.25. The highest BCUT2D eigenvalue weighted by Gasteiger charge is 2.27. The van der Waals surface area contributed by atoms with E-state index in [-0.39, 0.29) is 5.92 Å². The monoisotopic (exact) mass is 147 g/mol. The van der Waals surface area contributed by atoms with Crippen LogP contribution in [0.3, 0.4) is 0 Å². The molecule has 0 amide bonds. The first kappa shape index (κ1) is 9.89. The number of nitrogens with zero attached hydrogens (tertiary/aromatic N) is 1. The lowest BCUT2D eigenvalue weighted by Gasteiger charge is -2.12. The van der Waals surface area contributed by atoms with Gasteiger partial charge in [0.05, 0.1) is 0 Å². The van der Waals surface area contributed by atoms with Crippen LogP contribution in [0.5, 0.6) is 0 Å². The largest absolute Gasteiger partial charge is 0.277 e. The van der Waals surface area contributed by atoms with Crippen molar-refractivity contribution < 1.29 is 4.39 Å². The van der Waals surface area contributed by atoms with Crippen LogP contribution in [0.1, 0.15) is 27.2 Å². The van der Waals surface area contributed by atoms with Crippen LogP contribution in [0.25, 0.3) is 0 Å². The van der Waals surface area contributed by atoms with Crippen LogP contribution in [-0.2, 0) is 0 Å². The molecule has 62 valence electrons. The molecule has 1 heterocycles. The number of rotatable bonds is 0. The van der Waals surface area contributed by atoms with E-state index in [1.54, 1.807) is 4.90 Å². The lowest BCUT2D eigenvalue weighted by molar-refractivity contribution is 0.125. The molecule has 10 heavy (non-hydrogen) atoms. The summed E-state index contributed by atoms with van der Waals surface area (Å²) in [4.78, 5) is 1.75. The van der Waals surface area contributed by atoms with E-state index in [0.29, 0.717) is 0 Å². The maximum atomic E-state index is 12.6. The molecule has 2 heteroatoms. The van der Waals surface area contributed by atoms with E-state index in [0.717, 1.165) is 13.0 Å². The SMILES string of the molecule is CC.CC1CCN(C)C1F. The average molecular weight is 147 g/mol. The van der Waals surface area contributed by atoms with Gasteiger partial charge in [-0.3, -0.25) is 4.90 Å². The Kier molecular flexibility index (Phi) is 4.62. The molecule has 0 bridgehead atoms. The standard InChI is InChI=1S/C6H12FN.C2H6/c1-5-3-4-8(2)6(5)7;1-2/h5-6H,3-4H2,1-2H3;1-2H3. The molecule has 0 aromatic rings. The topological polar surface area (TPSA) is 3.24 Å². The fourth-order valence-electron chi connectivity index (χ4n) is 1.10. The molecule has 0 aliphatic carbocycles. The Labute approximate surface area is 63.2 Å². The fourth-order valence-corrected chi connectivity index (χ4v) is 1.10. The number of alkyl halides is 1. The van der Waals surface area contributed by atoms with E-state index in [4.69, 9.17) is 0 Å². The number of halogens is 1. The quantitative estimate of drug-likeness (QED) is 0.475. The molecular weight excluding hydrogens is 129 g/mol. The van der Waals surface area contributed by atoms with Gasteiger partial charge in [0, 0.05) is 12.5 Å². The molecule has 0 N–H and O–H groups in total. The van der Waals surface area contributed by atoms with Crippen molar-refractivity contribution in [3.05, 3.63) is 0 Å². The molecule has 1 saturated heterocycles. The van der Waals surface area contributed by atoms with Crippen LogP contribution >= 0.6 is 0 Å². The van der Waals surface area contributed by atoms with Crippen LogP contribution in [0, 0.1) is 5.92 Å². The van der Waals surface area contributed by atoms with Gasteiger partial charge in [-0.25, -0.2) is 4.39 Å². The Morgan fingerprint density at radius 1 is 1.40 bits per heavy atom. The van der Waals surface area contributed by atoms with E-state index in [9.17, 15) is 4.39 Å². The van der Waals surface area contributed by atoms with E-state index >= 15 is 0 Å². The van der Waals surface area contributed by atoms with E-state index in [2.05, 4.69) is 0 Å². The molecule has 1 fully saturated rings. The van der Waals surface area contributed by atoms with E-state index in [1.807, 2.05) is 27.8 Å². The molecule has 0 aromatic heterocycles. The first-order valence-electron chi connectivity index (χ1n) is 4.06. The Bertz CT molecular complexity index is 75.3. The molecule has 0 aromatic carbocycles. The summed E-state index contributed by atoms with van der Waals surface area (Å²) < 4.78 is 12.6. The van der Waals surface area contributed by atoms with Gasteiger partial charge in [-0.15, -0.1) is 0 Å². The van der Waals surface area contributed by atoms with Crippen molar-refractivity contribution in [2.24, 2.45) is 5.92 Å². The second-order valence-electron chi connectivity index (χ2n) is 2.62. The normalized spacial score (nSPS) is 33.3. The van der Waals surface area contributed by atoms with Gasteiger partial charge in [0.25, 0.3) is 0 Å².